The van der Waals surface area contributed by atoms with Crippen LogP contribution in [0.5, 0.6) is 0 Å². The molecule has 0 fully saturated rings. The van der Waals surface area contributed by atoms with E-state index in [1.54, 1.807) is 54.6 Å². The van der Waals surface area contributed by atoms with Crippen LogP contribution < -0.4 is 10.6 Å². The number of rotatable bonds is 6. The highest BCUT2D eigenvalue weighted by Gasteiger charge is 2.18. The molecule has 0 aliphatic heterocycles. The number of oxazole rings is 1. The summed E-state index contributed by atoms with van der Waals surface area (Å²) in [5.74, 6) is -1.32. The Labute approximate surface area is 182 Å². The van der Waals surface area contributed by atoms with Gasteiger partial charge in [0.05, 0.1) is 17.2 Å². The Hall–Kier alpha value is -3.84. The zero-order chi connectivity index (χ0) is 22.0. The number of aromatic nitrogens is 1. The van der Waals surface area contributed by atoms with Gasteiger partial charge in [-0.2, -0.15) is 4.98 Å². The first-order valence-corrected chi connectivity index (χ1v) is 9.85. The number of carboxylic acids is 1. The SMILES string of the molecule is C[C@H](NC(=O)c1cccc2nc(Nc3ccc(Cl)cc3)oc12)c1ccc(C(=O)O)cc1. The van der Waals surface area contributed by atoms with Crippen LogP contribution in [-0.2, 0) is 0 Å². The first-order chi connectivity index (χ1) is 14.9. The molecule has 156 valence electrons. The molecule has 0 spiro atoms. The molecule has 31 heavy (non-hydrogen) atoms. The van der Waals surface area contributed by atoms with E-state index in [1.165, 1.54) is 12.1 Å². The lowest BCUT2D eigenvalue weighted by molar-refractivity contribution is 0.0696. The molecule has 0 aliphatic carbocycles. The summed E-state index contributed by atoms with van der Waals surface area (Å²) in [6, 6.07) is 18.5. The summed E-state index contributed by atoms with van der Waals surface area (Å²) < 4.78 is 5.80. The third kappa shape index (κ3) is 4.51. The fraction of sp³-hybridized carbons (Fsp3) is 0.0870. The molecule has 0 unspecified atom stereocenters. The van der Waals surface area contributed by atoms with Crippen LogP contribution >= 0.6 is 11.6 Å². The van der Waals surface area contributed by atoms with E-state index >= 15 is 0 Å². The molecule has 3 aromatic carbocycles. The van der Waals surface area contributed by atoms with E-state index in [1.807, 2.05) is 6.92 Å². The van der Waals surface area contributed by atoms with Crippen LogP contribution in [0.3, 0.4) is 0 Å². The second kappa shape index (κ2) is 8.49. The maximum atomic E-state index is 12.9. The summed E-state index contributed by atoms with van der Waals surface area (Å²) >= 11 is 5.90. The first kappa shape index (κ1) is 20.4. The number of halogens is 1. The van der Waals surface area contributed by atoms with Crippen LogP contribution in [-0.4, -0.2) is 22.0 Å². The first-order valence-electron chi connectivity index (χ1n) is 9.47. The Bertz CT molecular complexity index is 1250. The Kier molecular flexibility index (Phi) is 5.60. The highest BCUT2D eigenvalue weighted by Crippen LogP contribution is 2.26. The van der Waals surface area contributed by atoms with Crippen LogP contribution in [0, 0.1) is 0 Å². The van der Waals surface area contributed by atoms with Crippen LogP contribution in [0.15, 0.2) is 71.1 Å². The number of aromatic carboxylic acids is 1. The zero-order valence-electron chi connectivity index (χ0n) is 16.4. The summed E-state index contributed by atoms with van der Waals surface area (Å²) in [6.45, 7) is 1.82. The Morgan fingerprint density at radius 2 is 1.74 bits per heavy atom. The summed E-state index contributed by atoms with van der Waals surface area (Å²) in [5, 5.41) is 15.6. The van der Waals surface area contributed by atoms with Gasteiger partial charge < -0.3 is 20.2 Å². The van der Waals surface area contributed by atoms with Crippen LogP contribution in [0.1, 0.15) is 39.2 Å². The Morgan fingerprint density at radius 3 is 2.42 bits per heavy atom. The molecule has 1 amide bonds. The molecule has 1 atom stereocenters. The minimum Gasteiger partial charge on any atom is -0.478 e. The summed E-state index contributed by atoms with van der Waals surface area (Å²) in [7, 11) is 0. The van der Waals surface area contributed by atoms with E-state index in [4.69, 9.17) is 21.1 Å². The average Bonchev–Trinajstić information content (AvgIpc) is 3.17. The summed E-state index contributed by atoms with van der Waals surface area (Å²) in [6.07, 6.45) is 0. The lowest BCUT2D eigenvalue weighted by Crippen LogP contribution is -2.26. The molecule has 0 saturated heterocycles. The predicted octanol–water partition coefficient (Wildman–Crippen LogP) is 5.41. The van der Waals surface area contributed by atoms with Gasteiger partial charge in [-0.25, -0.2) is 4.79 Å². The van der Waals surface area contributed by atoms with Gasteiger partial charge in [-0.05, 0) is 61.0 Å². The van der Waals surface area contributed by atoms with Crippen molar-refractivity contribution in [1.29, 1.82) is 0 Å². The summed E-state index contributed by atoms with van der Waals surface area (Å²) in [4.78, 5) is 28.3. The van der Waals surface area contributed by atoms with Crippen molar-refractivity contribution in [3.05, 3.63) is 88.4 Å². The molecule has 7 nitrogen and oxygen atoms in total. The second-order valence-corrected chi connectivity index (χ2v) is 7.36. The number of benzene rings is 3. The number of fused-ring (bicyclic) bond motifs is 1. The quantitative estimate of drug-likeness (QED) is 0.374. The van der Waals surface area contributed by atoms with Gasteiger partial charge in [0.1, 0.15) is 5.52 Å². The largest absolute Gasteiger partial charge is 0.478 e. The fourth-order valence-electron chi connectivity index (χ4n) is 3.11. The molecule has 0 aliphatic rings. The van der Waals surface area contributed by atoms with Gasteiger partial charge >= 0.3 is 5.97 Å². The second-order valence-electron chi connectivity index (χ2n) is 6.93. The minimum atomic E-state index is -0.997. The number of para-hydroxylation sites is 1. The van der Waals surface area contributed by atoms with Crippen LogP contribution in [0.4, 0.5) is 11.7 Å². The molecule has 1 heterocycles. The third-order valence-electron chi connectivity index (χ3n) is 4.76. The number of carboxylic acid groups (broad SMARTS) is 1. The van der Waals surface area contributed by atoms with E-state index in [-0.39, 0.29) is 23.5 Å². The predicted molar refractivity (Wildman–Crippen MR) is 118 cm³/mol. The van der Waals surface area contributed by atoms with Gasteiger partial charge in [0, 0.05) is 10.7 Å². The minimum absolute atomic E-state index is 0.189. The van der Waals surface area contributed by atoms with Crippen LogP contribution in [0.25, 0.3) is 11.1 Å². The van der Waals surface area contributed by atoms with Crippen molar-refractivity contribution in [2.24, 2.45) is 0 Å². The molecule has 8 heteroatoms. The van der Waals surface area contributed by atoms with Crippen molar-refractivity contribution < 1.29 is 19.1 Å². The van der Waals surface area contributed by atoms with E-state index in [9.17, 15) is 9.59 Å². The molecular weight excluding hydrogens is 418 g/mol. The number of carbonyl (C=O) groups is 2. The number of nitrogens with one attached hydrogen (secondary N) is 2. The molecule has 1 aromatic heterocycles. The summed E-state index contributed by atoms with van der Waals surface area (Å²) in [5.41, 5.74) is 2.98. The smallest absolute Gasteiger partial charge is 0.335 e. The highest BCUT2D eigenvalue weighted by molar-refractivity contribution is 6.30. The number of nitrogens with zero attached hydrogens (tertiary/aromatic N) is 1. The van der Waals surface area contributed by atoms with Gasteiger partial charge in [0.15, 0.2) is 5.58 Å². The molecule has 4 aromatic rings. The van der Waals surface area contributed by atoms with Gasteiger partial charge in [-0.3, -0.25) is 4.79 Å². The molecule has 4 rings (SSSR count). The molecular formula is C23H18ClN3O4. The number of hydrogen-bond acceptors (Lipinski definition) is 5. The lowest BCUT2D eigenvalue weighted by atomic mass is 10.1. The number of carbonyl (C=O) groups excluding carboxylic acids is 1. The highest BCUT2D eigenvalue weighted by atomic mass is 35.5. The molecule has 0 radical (unpaired) electrons. The van der Waals surface area contributed by atoms with Crippen molar-refractivity contribution in [3.8, 4) is 0 Å². The topological polar surface area (TPSA) is 104 Å². The number of amides is 1. The third-order valence-corrected chi connectivity index (χ3v) is 5.01. The maximum absolute atomic E-state index is 12.9. The standard InChI is InChI=1S/C23H18ClN3O4/c1-13(14-5-7-15(8-6-14)22(29)30)25-21(28)18-3-2-4-19-20(18)31-23(27-19)26-17-11-9-16(24)10-12-17/h2-13H,1H3,(H,25,28)(H,26,27)(H,29,30)/t13-/m0/s1. The van der Waals surface area contributed by atoms with Crippen LogP contribution in [0.2, 0.25) is 5.02 Å². The van der Waals surface area contributed by atoms with Gasteiger partial charge in [-0.1, -0.05) is 29.8 Å². The Balaban J connectivity index is 1.54. The van der Waals surface area contributed by atoms with Crippen molar-refractivity contribution >= 4 is 46.3 Å². The van der Waals surface area contributed by atoms with Gasteiger partial charge in [0.25, 0.3) is 11.9 Å². The Morgan fingerprint density at radius 1 is 1.03 bits per heavy atom. The monoisotopic (exact) mass is 435 g/mol. The lowest BCUT2D eigenvalue weighted by Gasteiger charge is -2.14. The fourth-order valence-corrected chi connectivity index (χ4v) is 3.24. The normalized spacial score (nSPS) is 11.8. The van der Waals surface area contributed by atoms with E-state index in [0.29, 0.717) is 21.7 Å². The number of hydrogen-bond donors (Lipinski definition) is 3. The number of anilines is 2. The molecule has 0 bridgehead atoms. The van der Waals surface area contributed by atoms with E-state index in [2.05, 4.69) is 15.6 Å². The van der Waals surface area contributed by atoms with Crippen molar-refractivity contribution in [2.75, 3.05) is 5.32 Å². The molecule has 3 N–H and O–H groups in total. The van der Waals surface area contributed by atoms with Gasteiger partial charge in [0.2, 0.25) is 0 Å². The van der Waals surface area contributed by atoms with Crippen molar-refractivity contribution in [2.45, 2.75) is 13.0 Å². The average molecular weight is 436 g/mol. The maximum Gasteiger partial charge on any atom is 0.335 e. The van der Waals surface area contributed by atoms with E-state index < -0.39 is 5.97 Å². The van der Waals surface area contributed by atoms with Gasteiger partial charge in [-0.15, -0.1) is 0 Å². The molecule has 0 saturated carbocycles. The van der Waals surface area contributed by atoms with Crippen molar-refractivity contribution in [3.63, 3.8) is 0 Å². The van der Waals surface area contributed by atoms with E-state index in [0.717, 1.165) is 11.3 Å². The zero-order valence-corrected chi connectivity index (χ0v) is 17.2. The van der Waals surface area contributed by atoms with Crippen molar-refractivity contribution in [1.82, 2.24) is 10.3 Å².